The largest absolute Gasteiger partial charge is 0.373 e. The SMILES string of the molecule is CCCCC(CN)N1CC(C)OC(C)C1. The molecule has 3 heteroatoms. The highest BCUT2D eigenvalue weighted by Gasteiger charge is 2.26. The second kappa shape index (κ2) is 6.46. The van der Waals surface area contributed by atoms with Gasteiger partial charge in [-0.25, -0.2) is 0 Å². The molecule has 15 heavy (non-hydrogen) atoms. The Hall–Kier alpha value is -0.120. The van der Waals surface area contributed by atoms with Gasteiger partial charge in [-0.05, 0) is 20.3 Å². The molecule has 0 aromatic heterocycles. The van der Waals surface area contributed by atoms with Gasteiger partial charge in [0.1, 0.15) is 0 Å². The third-order valence-corrected chi connectivity index (χ3v) is 3.13. The number of ether oxygens (including phenoxy) is 1. The standard InChI is InChI=1S/C12H26N2O/c1-4-5-6-12(7-13)14-8-10(2)15-11(3)9-14/h10-12H,4-9,13H2,1-3H3. The number of nitrogens with two attached hydrogens (primary N) is 1. The van der Waals surface area contributed by atoms with Crippen molar-refractivity contribution >= 4 is 0 Å². The van der Waals surface area contributed by atoms with Crippen LogP contribution in [0, 0.1) is 0 Å². The van der Waals surface area contributed by atoms with Gasteiger partial charge in [0, 0.05) is 25.7 Å². The summed E-state index contributed by atoms with van der Waals surface area (Å²) in [5.74, 6) is 0. The topological polar surface area (TPSA) is 38.5 Å². The summed E-state index contributed by atoms with van der Waals surface area (Å²) >= 11 is 0. The lowest BCUT2D eigenvalue weighted by atomic mass is 10.1. The van der Waals surface area contributed by atoms with E-state index in [1.54, 1.807) is 0 Å². The Morgan fingerprint density at radius 1 is 1.33 bits per heavy atom. The van der Waals surface area contributed by atoms with Crippen molar-refractivity contribution in [1.29, 1.82) is 0 Å². The van der Waals surface area contributed by atoms with Crippen LogP contribution in [0.2, 0.25) is 0 Å². The maximum atomic E-state index is 5.85. The van der Waals surface area contributed by atoms with E-state index in [1.165, 1.54) is 19.3 Å². The van der Waals surface area contributed by atoms with Crippen molar-refractivity contribution < 1.29 is 4.74 Å². The van der Waals surface area contributed by atoms with E-state index in [1.807, 2.05) is 0 Å². The molecule has 2 N–H and O–H groups in total. The fourth-order valence-corrected chi connectivity index (χ4v) is 2.41. The van der Waals surface area contributed by atoms with Crippen molar-refractivity contribution in [2.75, 3.05) is 19.6 Å². The number of rotatable bonds is 5. The molecule has 0 radical (unpaired) electrons. The van der Waals surface area contributed by atoms with Crippen molar-refractivity contribution in [3.63, 3.8) is 0 Å². The van der Waals surface area contributed by atoms with Gasteiger partial charge in [0.2, 0.25) is 0 Å². The van der Waals surface area contributed by atoms with Gasteiger partial charge in [0.25, 0.3) is 0 Å². The Labute approximate surface area is 94.0 Å². The van der Waals surface area contributed by atoms with Gasteiger partial charge in [-0.1, -0.05) is 19.8 Å². The van der Waals surface area contributed by atoms with Gasteiger partial charge in [0.05, 0.1) is 12.2 Å². The molecule has 0 amide bonds. The first-order chi connectivity index (χ1) is 7.17. The first kappa shape index (κ1) is 12.9. The minimum Gasteiger partial charge on any atom is -0.373 e. The maximum Gasteiger partial charge on any atom is 0.0678 e. The van der Waals surface area contributed by atoms with E-state index in [2.05, 4.69) is 25.7 Å². The first-order valence-electron chi connectivity index (χ1n) is 6.27. The van der Waals surface area contributed by atoms with Crippen LogP contribution in [0.25, 0.3) is 0 Å². The molecule has 1 aliphatic heterocycles. The summed E-state index contributed by atoms with van der Waals surface area (Å²) in [5.41, 5.74) is 5.85. The molecule has 3 unspecified atom stereocenters. The zero-order chi connectivity index (χ0) is 11.3. The molecule has 0 bridgehead atoms. The monoisotopic (exact) mass is 214 g/mol. The predicted octanol–water partition coefficient (Wildman–Crippen LogP) is 1.61. The van der Waals surface area contributed by atoms with Crippen LogP contribution in [0.3, 0.4) is 0 Å². The van der Waals surface area contributed by atoms with Crippen LogP contribution in [0.15, 0.2) is 0 Å². The average Bonchev–Trinajstić information content (AvgIpc) is 2.17. The lowest BCUT2D eigenvalue weighted by Gasteiger charge is -2.40. The van der Waals surface area contributed by atoms with Crippen molar-refractivity contribution in [1.82, 2.24) is 4.90 Å². The Morgan fingerprint density at radius 3 is 2.40 bits per heavy atom. The highest BCUT2D eigenvalue weighted by atomic mass is 16.5. The summed E-state index contributed by atoms with van der Waals surface area (Å²) in [6, 6.07) is 0.554. The van der Waals surface area contributed by atoms with Gasteiger partial charge >= 0.3 is 0 Å². The Bertz CT molecular complexity index is 165. The van der Waals surface area contributed by atoms with Crippen LogP contribution in [0.1, 0.15) is 40.0 Å². The van der Waals surface area contributed by atoms with E-state index < -0.39 is 0 Å². The average molecular weight is 214 g/mol. The van der Waals surface area contributed by atoms with E-state index in [4.69, 9.17) is 10.5 Å². The molecule has 3 atom stereocenters. The molecule has 0 aromatic carbocycles. The van der Waals surface area contributed by atoms with Crippen LogP contribution in [-0.4, -0.2) is 42.8 Å². The van der Waals surface area contributed by atoms with Crippen molar-refractivity contribution in [2.45, 2.75) is 58.3 Å². The van der Waals surface area contributed by atoms with Gasteiger partial charge in [-0.15, -0.1) is 0 Å². The highest BCUT2D eigenvalue weighted by Crippen LogP contribution is 2.16. The van der Waals surface area contributed by atoms with Gasteiger partial charge < -0.3 is 10.5 Å². The van der Waals surface area contributed by atoms with Crippen LogP contribution in [0.4, 0.5) is 0 Å². The molecule has 1 saturated heterocycles. The quantitative estimate of drug-likeness (QED) is 0.755. The second-order valence-electron chi connectivity index (χ2n) is 4.74. The molecule has 1 aliphatic rings. The van der Waals surface area contributed by atoms with E-state index >= 15 is 0 Å². The van der Waals surface area contributed by atoms with E-state index in [-0.39, 0.29) is 0 Å². The van der Waals surface area contributed by atoms with Crippen LogP contribution >= 0.6 is 0 Å². The molecule has 0 saturated carbocycles. The zero-order valence-electron chi connectivity index (χ0n) is 10.4. The smallest absolute Gasteiger partial charge is 0.0678 e. The molecule has 0 spiro atoms. The normalized spacial score (nSPS) is 30.4. The van der Waals surface area contributed by atoms with Crippen molar-refractivity contribution in [2.24, 2.45) is 5.73 Å². The first-order valence-corrected chi connectivity index (χ1v) is 6.27. The number of nitrogens with zero attached hydrogens (tertiary/aromatic N) is 1. The summed E-state index contributed by atoms with van der Waals surface area (Å²) in [5, 5.41) is 0. The zero-order valence-corrected chi connectivity index (χ0v) is 10.4. The van der Waals surface area contributed by atoms with Gasteiger partial charge in [0.15, 0.2) is 0 Å². The van der Waals surface area contributed by atoms with Crippen LogP contribution < -0.4 is 5.73 Å². The lowest BCUT2D eigenvalue weighted by Crippen LogP contribution is -2.52. The van der Waals surface area contributed by atoms with Crippen LogP contribution in [-0.2, 0) is 4.74 Å². The molecule has 1 fully saturated rings. The summed E-state index contributed by atoms with van der Waals surface area (Å²) in [6.07, 6.45) is 4.47. The molecule has 3 nitrogen and oxygen atoms in total. The fourth-order valence-electron chi connectivity index (χ4n) is 2.41. The van der Waals surface area contributed by atoms with E-state index in [0.29, 0.717) is 18.2 Å². The molecule has 1 heterocycles. The highest BCUT2D eigenvalue weighted by molar-refractivity contribution is 4.80. The lowest BCUT2D eigenvalue weighted by molar-refractivity contribution is -0.0802. The predicted molar refractivity (Wildman–Crippen MR) is 63.9 cm³/mol. The Balaban J connectivity index is 2.43. The maximum absolute atomic E-state index is 5.85. The number of hydrogen-bond donors (Lipinski definition) is 1. The van der Waals surface area contributed by atoms with E-state index in [0.717, 1.165) is 19.6 Å². The fraction of sp³-hybridized carbons (Fsp3) is 1.00. The molecular weight excluding hydrogens is 188 g/mol. The Morgan fingerprint density at radius 2 is 1.93 bits per heavy atom. The number of unbranched alkanes of at least 4 members (excludes halogenated alkanes) is 1. The van der Waals surface area contributed by atoms with Crippen molar-refractivity contribution in [3.8, 4) is 0 Å². The number of morpholine rings is 1. The molecule has 0 aliphatic carbocycles. The summed E-state index contributed by atoms with van der Waals surface area (Å²) in [7, 11) is 0. The molecule has 0 aromatic rings. The summed E-state index contributed by atoms with van der Waals surface area (Å²) < 4.78 is 5.73. The van der Waals surface area contributed by atoms with Gasteiger partial charge in [-0.3, -0.25) is 4.90 Å². The minimum absolute atomic E-state index is 0.351. The van der Waals surface area contributed by atoms with Crippen LogP contribution in [0.5, 0.6) is 0 Å². The minimum atomic E-state index is 0.351. The van der Waals surface area contributed by atoms with E-state index in [9.17, 15) is 0 Å². The summed E-state index contributed by atoms with van der Waals surface area (Å²) in [6.45, 7) is 9.38. The number of hydrogen-bond acceptors (Lipinski definition) is 3. The molecular formula is C12H26N2O. The molecule has 90 valence electrons. The second-order valence-corrected chi connectivity index (χ2v) is 4.74. The van der Waals surface area contributed by atoms with Crippen molar-refractivity contribution in [3.05, 3.63) is 0 Å². The third-order valence-electron chi connectivity index (χ3n) is 3.13. The third kappa shape index (κ3) is 4.09. The summed E-state index contributed by atoms with van der Waals surface area (Å²) in [4.78, 5) is 2.51. The van der Waals surface area contributed by atoms with Gasteiger partial charge in [-0.2, -0.15) is 0 Å². The Kier molecular flexibility index (Phi) is 5.58. The molecule has 1 rings (SSSR count).